The van der Waals surface area contributed by atoms with E-state index < -0.39 is 18.1 Å². The third-order valence-electron chi connectivity index (χ3n) is 4.08. The van der Waals surface area contributed by atoms with Crippen molar-refractivity contribution in [1.29, 1.82) is 0 Å². The maximum atomic E-state index is 12.0. The number of urea groups is 1. The molecule has 2 rings (SSSR count). The van der Waals surface area contributed by atoms with Gasteiger partial charge in [0.2, 0.25) is 5.91 Å². The first-order valence-electron chi connectivity index (χ1n) is 7.67. The topological polar surface area (TPSA) is 113 Å². The van der Waals surface area contributed by atoms with Crippen molar-refractivity contribution in [2.24, 2.45) is 11.7 Å². The summed E-state index contributed by atoms with van der Waals surface area (Å²) >= 11 is 0. The van der Waals surface area contributed by atoms with E-state index in [1.807, 2.05) is 26.0 Å². The zero-order chi connectivity index (χ0) is 17.0. The summed E-state index contributed by atoms with van der Waals surface area (Å²) in [5.41, 5.74) is 7.43. The highest BCUT2D eigenvalue weighted by Crippen LogP contribution is 2.14. The van der Waals surface area contributed by atoms with Crippen molar-refractivity contribution >= 4 is 23.5 Å². The first-order chi connectivity index (χ1) is 10.9. The van der Waals surface area contributed by atoms with Gasteiger partial charge in [0.1, 0.15) is 6.04 Å². The average Bonchev–Trinajstić information content (AvgIpc) is 2.85. The Morgan fingerprint density at radius 3 is 2.48 bits per heavy atom. The van der Waals surface area contributed by atoms with Crippen LogP contribution in [-0.2, 0) is 16.0 Å². The van der Waals surface area contributed by atoms with Gasteiger partial charge in [-0.25, -0.2) is 4.79 Å². The molecular weight excluding hydrogens is 296 g/mol. The van der Waals surface area contributed by atoms with Crippen molar-refractivity contribution in [2.45, 2.75) is 38.8 Å². The second kappa shape index (κ2) is 7.23. The van der Waals surface area contributed by atoms with Gasteiger partial charge in [-0.15, -0.1) is 0 Å². The predicted octanol–water partition coefficient (Wildman–Crippen LogP) is 0.749. The van der Waals surface area contributed by atoms with E-state index >= 15 is 0 Å². The van der Waals surface area contributed by atoms with Crippen LogP contribution < -0.4 is 21.7 Å². The molecule has 0 saturated carbocycles. The Kier molecular flexibility index (Phi) is 5.33. The minimum atomic E-state index is -0.554. The van der Waals surface area contributed by atoms with E-state index in [4.69, 9.17) is 5.73 Å². The van der Waals surface area contributed by atoms with Crippen LogP contribution in [0.15, 0.2) is 24.3 Å². The van der Waals surface area contributed by atoms with Crippen molar-refractivity contribution in [3.8, 4) is 0 Å². The molecule has 0 aromatic heterocycles. The van der Waals surface area contributed by atoms with Gasteiger partial charge in [0, 0.05) is 12.1 Å². The van der Waals surface area contributed by atoms with Crippen molar-refractivity contribution in [3.63, 3.8) is 0 Å². The molecule has 1 aliphatic rings. The zero-order valence-electron chi connectivity index (χ0n) is 13.3. The Morgan fingerprint density at radius 1 is 1.30 bits per heavy atom. The van der Waals surface area contributed by atoms with Gasteiger partial charge in [-0.05, 0) is 23.6 Å². The van der Waals surface area contributed by atoms with Gasteiger partial charge in [-0.3, -0.25) is 14.9 Å². The number of carbonyl (C=O) groups is 3. The molecule has 3 unspecified atom stereocenters. The number of rotatable bonds is 6. The monoisotopic (exact) mass is 318 g/mol. The van der Waals surface area contributed by atoms with Gasteiger partial charge >= 0.3 is 6.03 Å². The maximum absolute atomic E-state index is 12.0. The molecule has 0 bridgehead atoms. The van der Waals surface area contributed by atoms with Crippen LogP contribution in [0, 0.1) is 5.92 Å². The number of hydrogen-bond donors (Lipinski definition) is 4. The summed E-state index contributed by atoms with van der Waals surface area (Å²) in [5, 5.41) is 7.52. The van der Waals surface area contributed by atoms with Gasteiger partial charge in [-0.2, -0.15) is 0 Å². The molecule has 0 aliphatic carbocycles. The zero-order valence-corrected chi connectivity index (χ0v) is 13.3. The number of nitrogens with two attached hydrogens (primary N) is 1. The highest BCUT2D eigenvalue weighted by Gasteiger charge is 2.29. The smallest absolute Gasteiger partial charge is 0.322 e. The third-order valence-corrected chi connectivity index (χ3v) is 4.08. The molecule has 0 spiro atoms. The maximum Gasteiger partial charge on any atom is 0.322 e. The Labute approximate surface area is 135 Å². The molecule has 23 heavy (non-hydrogen) atoms. The largest absolute Gasteiger partial charge is 0.326 e. The molecule has 7 heteroatoms. The predicted molar refractivity (Wildman–Crippen MR) is 86.7 cm³/mol. The molecule has 0 radical (unpaired) electrons. The summed E-state index contributed by atoms with van der Waals surface area (Å²) in [7, 11) is 0. The molecule has 1 aromatic carbocycles. The Morgan fingerprint density at radius 2 is 1.96 bits per heavy atom. The number of imide groups is 1. The highest BCUT2D eigenvalue weighted by atomic mass is 16.2. The summed E-state index contributed by atoms with van der Waals surface area (Å²) in [5.74, 6) is -0.430. The van der Waals surface area contributed by atoms with E-state index in [0.29, 0.717) is 12.1 Å². The number of anilines is 1. The second-order valence-corrected chi connectivity index (χ2v) is 5.82. The first-order valence-corrected chi connectivity index (χ1v) is 7.67. The molecule has 1 aliphatic heterocycles. The minimum absolute atomic E-state index is 0.110. The van der Waals surface area contributed by atoms with Crippen molar-refractivity contribution < 1.29 is 14.4 Å². The summed E-state index contributed by atoms with van der Waals surface area (Å²) in [6.45, 7) is 3.93. The Bertz CT molecular complexity index is 600. The van der Waals surface area contributed by atoms with Gasteiger partial charge in [-0.1, -0.05) is 32.4 Å². The number of hydrogen-bond acceptors (Lipinski definition) is 4. The van der Waals surface area contributed by atoms with E-state index in [0.717, 1.165) is 12.0 Å². The van der Waals surface area contributed by atoms with Crippen molar-refractivity contribution in [2.75, 3.05) is 5.32 Å². The fraction of sp³-hybridized carbons (Fsp3) is 0.438. The molecule has 1 heterocycles. The third kappa shape index (κ3) is 4.29. The van der Waals surface area contributed by atoms with Gasteiger partial charge in [0.25, 0.3) is 5.91 Å². The van der Waals surface area contributed by atoms with Crippen molar-refractivity contribution in [3.05, 3.63) is 29.8 Å². The van der Waals surface area contributed by atoms with Crippen LogP contribution in [0.4, 0.5) is 10.5 Å². The lowest BCUT2D eigenvalue weighted by molar-refractivity contribution is -0.120. The Balaban J connectivity index is 1.93. The molecule has 3 atom stereocenters. The molecule has 124 valence electrons. The van der Waals surface area contributed by atoms with Gasteiger partial charge < -0.3 is 16.4 Å². The molecule has 1 aromatic rings. The normalized spacial score (nSPS) is 19.7. The molecule has 1 fully saturated rings. The number of amides is 4. The van der Waals surface area contributed by atoms with Crippen LogP contribution in [0.1, 0.15) is 25.8 Å². The van der Waals surface area contributed by atoms with E-state index in [-0.39, 0.29) is 17.7 Å². The number of benzene rings is 1. The van der Waals surface area contributed by atoms with Crippen LogP contribution in [0.2, 0.25) is 0 Å². The standard InChI is InChI=1S/C16H22N4O3/c1-3-9(2)13(17)15(22)18-11-6-4-10(5-7-11)8-12-14(21)20-16(23)19-12/h4-7,9,12-13H,3,8,17H2,1-2H3,(H,18,22)(H2,19,20,21,23). The molecule has 4 amide bonds. The van der Waals surface area contributed by atoms with E-state index in [1.54, 1.807) is 12.1 Å². The summed E-state index contributed by atoms with van der Waals surface area (Å²) in [6.07, 6.45) is 1.24. The van der Waals surface area contributed by atoms with Crippen LogP contribution in [0.25, 0.3) is 0 Å². The highest BCUT2D eigenvalue weighted by molar-refractivity contribution is 6.04. The minimum Gasteiger partial charge on any atom is -0.326 e. The SMILES string of the molecule is CCC(C)C(N)C(=O)Nc1ccc(CC2NC(=O)NC2=O)cc1. The lowest BCUT2D eigenvalue weighted by Gasteiger charge is -2.17. The van der Waals surface area contributed by atoms with Crippen LogP contribution >= 0.6 is 0 Å². The lowest BCUT2D eigenvalue weighted by atomic mass is 9.99. The van der Waals surface area contributed by atoms with Crippen LogP contribution in [-0.4, -0.2) is 29.9 Å². The molecule has 5 N–H and O–H groups in total. The van der Waals surface area contributed by atoms with Crippen molar-refractivity contribution in [1.82, 2.24) is 10.6 Å². The number of carbonyl (C=O) groups excluding carboxylic acids is 3. The summed E-state index contributed by atoms with van der Waals surface area (Å²) in [4.78, 5) is 34.6. The molecule has 7 nitrogen and oxygen atoms in total. The van der Waals surface area contributed by atoms with Gasteiger partial charge in [0.05, 0.1) is 6.04 Å². The summed E-state index contributed by atoms with van der Waals surface area (Å²) < 4.78 is 0. The number of nitrogens with one attached hydrogen (secondary N) is 3. The van der Waals surface area contributed by atoms with E-state index in [1.165, 1.54) is 0 Å². The van der Waals surface area contributed by atoms with E-state index in [2.05, 4.69) is 16.0 Å². The Hall–Kier alpha value is -2.41. The lowest BCUT2D eigenvalue weighted by Crippen LogP contribution is -2.40. The van der Waals surface area contributed by atoms with E-state index in [9.17, 15) is 14.4 Å². The van der Waals surface area contributed by atoms with Crippen LogP contribution in [0.3, 0.4) is 0 Å². The fourth-order valence-corrected chi connectivity index (χ4v) is 2.30. The first kappa shape index (κ1) is 17.0. The fourth-order valence-electron chi connectivity index (χ4n) is 2.30. The molecular formula is C16H22N4O3. The average molecular weight is 318 g/mol. The quantitative estimate of drug-likeness (QED) is 0.580. The van der Waals surface area contributed by atoms with Gasteiger partial charge in [0.15, 0.2) is 0 Å². The van der Waals surface area contributed by atoms with Crippen LogP contribution in [0.5, 0.6) is 0 Å². The summed E-state index contributed by atoms with van der Waals surface area (Å²) in [6, 6.07) is 5.56. The second-order valence-electron chi connectivity index (χ2n) is 5.82. The molecule has 1 saturated heterocycles.